The number of halogens is 2. The van der Waals surface area contributed by atoms with Gasteiger partial charge < -0.3 is 5.32 Å². The van der Waals surface area contributed by atoms with Gasteiger partial charge in [0, 0.05) is 6.04 Å². The summed E-state index contributed by atoms with van der Waals surface area (Å²) in [6.07, 6.45) is 0.794. The van der Waals surface area contributed by atoms with Crippen molar-refractivity contribution < 1.29 is 13.6 Å². The second kappa shape index (κ2) is 5.75. The summed E-state index contributed by atoms with van der Waals surface area (Å²) in [6, 6.07) is 3.52. The third kappa shape index (κ3) is 3.80. The highest BCUT2D eigenvalue weighted by atomic mass is 19.2. The molecule has 1 unspecified atom stereocenters. The van der Waals surface area contributed by atoms with Crippen LogP contribution in [0.25, 0.3) is 0 Å². The molecular formula is C13H17F2NO. The molecule has 0 fully saturated rings. The van der Waals surface area contributed by atoms with Gasteiger partial charge in [0.1, 0.15) is 0 Å². The van der Waals surface area contributed by atoms with Gasteiger partial charge in [0.25, 0.3) is 5.91 Å². The molecule has 2 nitrogen and oxygen atoms in total. The first-order valence-corrected chi connectivity index (χ1v) is 5.66. The molecule has 1 N–H and O–H groups in total. The molecule has 0 radical (unpaired) electrons. The Morgan fingerprint density at radius 2 is 1.94 bits per heavy atom. The Labute approximate surface area is 100 Å². The second-order valence-electron chi connectivity index (χ2n) is 4.61. The molecule has 0 saturated heterocycles. The number of amides is 1. The van der Waals surface area contributed by atoms with E-state index in [4.69, 9.17) is 0 Å². The summed E-state index contributed by atoms with van der Waals surface area (Å²) in [5, 5.41) is 2.65. The van der Waals surface area contributed by atoms with E-state index in [0.29, 0.717) is 5.92 Å². The van der Waals surface area contributed by atoms with E-state index in [1.807, 2.05) is 20.8 Å². The van der Waals surface area contributed by atoms with Gasteiger partial charge in [-0.15, -0.1) is 0 Å². The molecule has 1 amide bonds. The van der Waals surface area contributed by atoms with Crippen LogP contribution in [0, 0.1) is 17.6 Å². The molecule has 0 aliphatic rings. The van der Waals surface area contributed by atoms with Crippen molar-refractivity contribution in [3.05, 3.63) is 35.4 Å². The van der Waals surface area contributed by atoms with Gasteiger partial charge in [-0.2, -0.15) is 0 Å². The smallest absolute Gasteiger partial charge is 0.254 e. The summed E-state index contributed by atoms with van der Waals surface area (Å²) in [6.45, 7) is 5.91. The quantitative estimate of drug-likeness (QED) is 0.862. The first-order valence-electron chi connectivity index (χ1n) is 5.66. The van der Waals surface area contributed by atoms with Gasteiger partial charge in [-0.05, 0) is 31.4 Å². The summed E-state index contributed by atoms with van der Waals surface area (Å²) in [7, 11) is 0. The first-order chi connectivity index (χ1) is 7.91. The Bertz CT molecular complexity index is 404. The van der Waals surface area contributed by atoms with Crippen molar-refractivity contribution >= 4 is 5.91 Å². The lowest BCUT2D eigenvalue weighted by molar-refractivity contribution is 0.0931. The molecule has 0 bridgehead atoms. The van der Waals surface area contributed by atoms with E-state index in [0.717, 1.165) is 12.5 Å². The number of hydrogen-bond acceptors (Lipinski definition) is 1. The lowest BCUT2D eigenvalue weighted by atomic mass is 10.0. The van der Waals surface area contributed by atoms with E-state index in [1.165, 1.54) is 12.1 Å². The van der Waals surface area contributed by atoms with E-state index < -0.39 is 17.5 Å². The zero-order valence-corrected chi connectivity index (χ0v) is 10.3. The number of nitrogens with one attached hydrogen (secondary N) is 1. The predicted molar refractivity (Wildman–Crippen MR) is 62.7 cm³/mol. The molecule has 0 saturated carbocycles. The molecule has 0 spiro atoms. The monoisotopic (exact) mass is 241 g/mol. The van der Waals surface area contributed by atoms with Crippen LogP contribution >= 0.6 is 0 Å². The normalized spacial score (nSPS) is 12.6. The van der Waals surface area contributed by atoms with Gasteiger partial charge in [-0.1, -0.05) is 19.9 Å². The zero-order chi connectivity index (χ0) is 13.0. The van der Waals surface area contributed by atoms with Crippen molar-refractivity contribution in [1.29, 1.82) is 0 Å². The number of hydrogen-bond donors (Lipinski definition) is 1. The average molecular weight is 241 g/mol. The van der Waals surface area contributed by atoms with Crippen molar-refractivity contribution in [3.63, 3.8) is 0 Å². The summed E-state index contributed by atoms with van der Waals surface area (Å²) < 4.78 is 26.3. The minimum atomic E-state index is -1.10. The minimum absolute atomic E-state index is 0.0647. The third-order valence-electron chi connectivity index (χ3n) is 2.40. The number of carbonyl (C=O) groups is 1. The van der Waals surface area contributed by atoms with Crippen molar-refractivity contribution in [1.82, 2.24) is 5.32 Å². The molecule has 0 aliphatic carbocycles. The van der Waals surface area contributed by atoms with Gasteiger partial charge in [0.15, 0.2) is 11.6 Å². The average Bonchev–Trinajstić information content (AvgIpc) is 2.20. The van der Waals surface area contributed by atoms with Gasteiger partial charge in [-0.25, -0.2) is 8.78 Å². The highest BCUT2D eigenvalue weighted by molar-refractivity contribution is 5.94. The lowest BCUT2D eigenvalue weighted by Crippen LogP contribution is -2.34. The molecule has 1 aromatic carbocycles. The molecule has 1 aromatic rings. The van der Waals surface area contributed by atoms with Gasteiger partial charge in [-0.3, -0.25) is 4.79 Å². The van der Waals surface area contributed by atoms with Crippen LogP contribution in [0.2, 0.25) is 0 Å². The van der Waals surface area contributed by atoms with Crippen LogP contribution in [0.1, 0.15) is 37.6 Å². The fourth-order valence-corrected chi connectivity index (χ4v) is 1.75. The van der Waals surface area contributed by atoms with Crippen LogP contribution in [-0.2, 0) is 0 Å². The summed E-state index contributed by atoms with van der Waals surface area (Å²) in [4.78, 5) is 11.7. The predicted octanol–water partition coefficient (Wildman–Crippen LogP) is 3.13. The Kier molecular flexibility index (Phi) is 4.61. The maximum Gasteiger partial charge on any atom is 0.254 e. The standard InChI is InChI=1S/C13H17F2NO/c1-8(2)7-9(3)16-13(17)10-5-4-6-11(14)12(10)15/h4-6,8-9H,7H2,1-3H3,(H,16,17). The second-order valence-corrected chi connectivity index (χ2v) is 4.61. The molecule has 94 valence electrons. The SMILES string of the molecule is CC(C)CC(C)NC(=O)c1cccc(F)c1F. The molecule has 17 heavy (non-hydrogen) atoms. The summed E-state index contributed by atoms with van der Waals surface area (Å²) >= 11 is 0. The van der Waals surface area contributed by atoms with Gasteiger partial charge >= 0.3 is 0 Å². The summed E-state index contributed by atoms with van der Waals surface area (Å²) in [5.41, 5.74) is -0.249. The topological polar surface area (TPSA) is 29.1 Å². The van der Waals surface area contributed by atoms with Crippen LogP contribution in [0.15, 0.2) is 18.2 Å². The maximum atomic E-state index is 13.3. The van der Waals surface area contributed by atoms with Gasteiger partial charge in [0.05, 0.1) is 5.56 Å². The number of carbonyl (C=O) groups excluding carboxylic acids is 1. The Balaban J connectivity index is 2.73. The Morgan fingerprint density at radius 1 is 1.29 bits per heavy atom. The molecule has 0 heterocycles. The molecule has 0 aromatic heterocycles. The zero-order valence-electron chi connectivity index (χ0n) is 10.3. The van der Waals surface area contributed by atoms with Crippen molar-refractivity contribution in [3.8, 4) is 0 Å². The fourth-order valence-electron chi connectivity index (χ4n) is 1.75. The van der Waals surface area contributed by atoms with Crippen LogP contribution in [0.3, 0.4) is 0 Å². The molecule has 1 atom stereocenters. The van der Waals surface area contributed by atoms with Crippen LogP contribution in [0.5, 0.6) is 0 Å². The largest absolute Gasteiger partial charge is 0.349 e. The van der Waals surface area contributed by atoms with Crippen LogP contribution < -0.4 is 5.32 Å². The minimum Gasteiger partial charge on any atom is -0.349 e. The molecule has 4 heteroatoms. The van der Waals surface area contributed by atoms with E-state index >= 15 is 0 Å². The lowest BCUT2D eigenvalue weighted by Gasteiger charge is -2.16. The first kappa shape index (κ1) is 13.6. The maximum absolute atomic E-state index is 13.3. The van der Waals surface area contributed by atoms with E-state index in [-0.39, 0.29) is 11.6 Å². The Hall–Kier alpha value is -1.45. The van der Waals surface area contributed by atoms with Crippen LogP contribution in [0.4, 0.5) is 8.78 Å². The molecule has 1 rings (SSSR count). The van der Waals surface area contributed by atoms with Crippen molar-refractivity contribution in [2.24, 2.45) is 5.92 Å². The Morgan fingerprint density at radius 3 is 2.53 bits per heavy atom. The highest BCUT2D eigenvalue weighted by Crippen LogP contribution is 2.12. The van der Waals surface area contributed by atoms with Gasteiger partial charge in [0.2, 0.25) is 0 Å². The number of benzene rings is 1. The molecule has 0 aliphatic heterocycles. The van der Waals surface area contributed by atoms with Crippen molar-refractivity contribution in [2.45, 2.75) is 33.2 Å². The van der Waals surface area contributed by atoms with Crippen molar-refractivity contribution in [2.75, 3.05) is 0 Å². The van der Waals surface area contributed by atoms with E-state index in [9.17, 15) is 13.6 Å². The van der Waals surface area contributed by atoms with Crippen LogP contribution in [-0.4, -0.2) is 11.9 Å². The van der Waals surface area contributed by atoms with E-state index in [1.54, 1.807) is 0 Å². The summed E-state index contributed by atoms with van der Waals surface area (Å²) in [5.74, 6) is -2.24. The fraction of sp³-hybridized carbons (Fsp3) is 0.462. The molecular weight excluding hydrogens is 224 g/mol. The van der Waals surface area contributed by atoms with E-state index in [2.05, 4.69) is 5.32 Å². The third-order valence-corrected chi connectivity index (χ3v) is 2.40. The highest BCUT2D eigenvalue weighted by Gasteiger charge is 2.16. The number of rotatable bonds is 4.